The number of hydrogen-bond acceptors (Lipinski definition) is 3. The standard InChI is InChI=1S/C17H20N2O2.ClH/c1-11-7-14-9-16(21-15(14)8-12(11)2)17(20)19-10-13-3-5-18-6-4-13;/h3,7-9,18H,4-6,10H2,1-2H3,(H,19,20);1H. The number of aryl methyl sites for hydroxylation is 2. The van der Waals surface area contributed by atoms with Crippen LogP contribution in [0.2, 0.25) is 0 Å². The van der Waals surface area contributed by atoms with E-state index in [0.29, 0.717) is 12.3 Å². The van der Waals surface area contributed by atoms with E-state index >= 15 is 0 Å². The van der Waals surface area contributed by atoms with Crippen LogP contribution in [0.5, 0.6) is 0 Å². The van der Waals surface area contributed by atoms with Crippen LogP contribution in [0.15, 0.2) is 34.3 Å². The lowest BCUT2D eigenvalue weighted by atomic mass is 10.1. The average molecular weight is 321 g/mol. The first-order chi connectivity index (χ1) is 10.1. The van der Waals surface area contributed by atoms with Crippen LogP contribution in [0, 0.1) is 13.8 Å². The van der Waals surface area contributed by atoms with E-state index in [1.165, 1.54) is 16.7 Å². The molecule has 0 unspecified atom stereocenters. The van der Waals surface area contributed by atoms with Crippen LogP contribution in [0.4, 0.5) is 0 Å². The highest BCUT2D eigenvalue weighted by molar-refractivity contribution is 5.96. The van der Waals surface area contributed by atoms with Crippen molar-refractivity contribution in [2.24, 2.45) is 0 Å². The normalized spacial score (nSPS) is 14.4. The highest BCUT2D eigenvalue weighted by Crippen LogP contribution is 2.23. The summed E-state index contributed by atoms with van der Waals surface area (Å²) in [6, 6.07) is 5.85. The fraction of sp³-hybridized carbons (Fsp3) is 0.353. The number of halogens is 1. The smallest absolute Gasteiger partial charge is 0.287 e. The summed E-state index contributed by atoms with van der Waals surface area (Å²) < 4.78 is 5.66. The second-order valence-electron chi connectivity index (χ2n) is 5.58. The number of benzene rings is 1. The Morgan fingerprint density at radius 3 is 2.77 bits per heavy atom. The topological polar surface area (TPSA) is 54.3 Å². The molecule has 0 atom stereocenters. The lowest BCUT2D eigenvalue weighted by Crippen LogP contribution is -2.29. The van der Waals surface area contributed by atoms with Crippen LogP contribution < -0.4 is 10.6 Å². The van der Waals surface area contributed by atoms with Crippen molar-refractivity contribution in [3.63, 3.8) is 0 Å². The number of hydrogen-bond donors (Lipinski definition) is 2. The largest absolute Gasteiger partial charge is 0.451 e. The van der Waals surface area contributed by atoms with Gasteiger partial charge in [0.25, 0.3) is 5.91 Å². The number of rotatable bonds is 3. The molecule has 0 saturated heterocycles. The zero-order valence-corrected chi connectivity index (χ0v) is 13.7. The minimum absolute atomic E-state index is 0. The minimum atomic E-state index is -0.152. The first-order valence-corrected chi connectivity index (χ1v) is 7.31. The molecule has 118 valence electrons. The number of carbonyl (C=O) groups is 1. The van der Waals surface area contributed by atoms with E-state index in [2.05, 4.69) is 29.7 Å². The molecule has 5 heteroatoms. The molecule has 1 aliphatic heterocycles. The second kappa shape index (κ2) is 6.99. The van der Waals surface area contributed by atoms with Crippen LogP contribution >= 0.6 is 12.4 Å². The summed E-state index contributed by atoms with van der Waals surface area (Å²) in [5.41, 5.74) is 4.41. The SMILES string of the molecule is Cc1cc2cc(C(=O)NCC3=CCNCC3)oc2cc1C.Cl. The van der Waals surface area contributed by atoms with Crippen molar-refractivity contribution in [3.05, 3.63) is 46.7 Å². The lowest BCUT2D eigenvalue weighted by Gasteiger charge is -2.13. The molecule has 2 aromatic rings. The van der Waals surface area contributed by atoms with Gasteiger partial charge in [0, 0.05) is 18.5 Å². The van der Waals surface area contributed by atoms with Gasteiger partial charge in [-0.15, -0.1) is 12.4 Å². The van der Waals surface area contributed by atoms with Gasteiger partial charge in [-0.25, -0.2) is 0 Å². The Bertz CT molecular complexity index is 680. The highest BCUT2D eigenvalue weighted by atomic mass is 35.5. The van der Waals surface area contributed by atoms with Gasteiger partial charge in [0.15, 0.2) is 5.76 Å². The molecule has 0 radical (unpaired) electrons. The van der Waals surface area contributed by atoms with Crippen molar-refractivity contribution < 1.29 is 9.21 Å². The lowest BCUT2D eigenvalue weighted by molar-refractivity contribution is 0.0931. The Morgan fingerprint density at radius 2 is 2.05 bits per heavy atom. The summed E-state index contributed by atoms with van der Waals surface area (Å²) in [7, 11) is 0. The Morgan fingerprint density at radius 1 is 1.27 bits per heavy atom. The van der Waals surface area contributed by atoms with Gasteiger partial charge in [0.2, 0.25) is 0 Å². The van der Waals surface area contributed by atoms with Gasteiger partial charge in [-0.3, -0.25) is 4.79 Å². The molecule has 0 aliphatic carbocycles. The molecule has 22 heavy (non-hydrogen) atoms. The maximum Gasteiger partial charge on any atom is 0.287 e. The van der Waals surface area contributed by atoms with Crippen molar-refractivity contribution in [2.75, 3.05) is 19.6 Å². The van der Waals surface area contributed by atoms with Crippen molar-refractivity contribution in [1.82, 2.24) is 10.6 Å². The molecule has 1 aromatic heterocycles. The van der Waals surface area contributed by atoms with E-state index < -0.39 is 0 Å². The van der Waals surface area contributed by atoms with Crippen LogP contribution in [-0.4, -0.2) is 25.5 Å². The van der Waals surface area contributed by atoms with Crippen molar-refractivity contribution in [2.45, 2.75) is 20.3 Å². The number of nitrogens with one attached hydrogen (secondary N) is 2. The van der Waals surface area contributed by atoms with E-state index in [-0.39, 0.29) is 18.3 Å². The Hall–Kier alpha value is -1.78. The first kappa shape index (κ1) is 16.6. The summed E-state index contributed by atoms with van der Waals surface area (Å²) in [4.78, 5) is 12.2. The van der Waals surface area contributed by atoms with E-state index in [1.807, 2.05) is 19.1 Å². The van der Waals surface area contributed by atoms with Crippen LogP contribution in [-0.2, 0) is 0 Å². The molecule has 1 amide bonds. The third kappa shape index (κ3) is 3.51. The molecular weight excluding hydrogens is 300 g/mol. The molecule has 0 fully saturated rings. The predicted octanol–water partition coefficient (Wildman–Crippen LogP) is 3.12. The van der Waals surface area contributed by atoms with Gasteiger partial charge >= 0.3 is 0 Å². The van der Waals surface area contributed by atoms with Crippen LogP contribution in [0.3, 0.4) is 0 Å². The summed E-state index contributed by atoms with van der Waals surface area (Å²) in [6.07, 6.45) is 3.12. The van der Waals surface area contributed by atoms with E-state index in [9.17, 15) is 4.79 Å². The van der Waals surface area contributed by atoms with Crippen LogP contribution in [0.1, 0.15) is 28.1 Å². The molecule has 2 heterocycles. The molecular formula is C17H21ClN2O2. The van der Waals surface area contributed by atoms with Crippen molar-refractivity contribution in [3.8, 4) is 0 Å². The van der Waals surface area contributed by atoms with E-state index in [4.69, 9.17) is 4.42 Å². The molecule has 3 rings (SSSR count). The van der Waals surface area contributed by atoms with Crippen molar-refractivity contribution >= 4 is 29.3 Å². The number of amides is 1. The fourth-order valence-corrected chi connectivity index (χ4v) is 2.53. The maximum absolute atomic E-state index is 12.2. The Balaban J connectivity index is 0.00000176. The molecule has 1 aliphatic rings. The van der Waals surface area contributed by atoms with Gasteiger partial charge in [-0.2, -0.15) is 0 Å². The Labute approximate surface area is 136 Å². The number of fused-ring (bicyclic) bond motifs is 1. The molecule has 1 aromatic carbocycles. The average Bonchev–Trinajstić information content (AvgIpc) is 2.89. The first-order valence-electron chi connectivity index (χ1n) is 7.31. The van der Waals surface area contributed by atoms with Gasteiger partial charge in [0.05, 0.1) is 0 Å². The third-order valence-electron chi connectivity index (χ3n) is 3.99. The molecule has 0 saturated carbocycles. The summed E-state index contributed by atoms with van der Waals surface area (Å²) in [6.45, 7) is 6.56. The monoisotopic (exact) mass is 320 g/mol. The zero-order chi connectivity index (χ0) is 14.8. The summed E-state index contributed by atoms with van der Waals surface area (Å²) in [5, 5.41) is 7.16. The predicted molar refractivity (Wildman–Crippen MR) is 90.8 cm³/mol. The highest BCUT2D eigenvalue weighted by Gasteiger charge is 2.13. The maximum atomic E-state index is 12.2. The molecule has 0 spiro atoms. The quantitative estimate of drug-likeness (QED) is 0.854. The Kier molecular flexibility index (Phi) is 5.27. The fourth-order valence-electron chi connectivity index (χ4n) is 2.53. The van der Waals surface area contributed by atoms with Crippen LogP contribution in [0.25, 0.3) is 11.0 Å². The number of carbonyl (C=O) groups excluding carboxylic acids is 1. The molecule has 2 N–H and O–H groups in total. The van der Waals surface area contributed by atoms with Gasteiger partial charge in [-0.05, 0) is 56.1 Å². The van der Waals surface area contributed by atoms with Gasteiger partial charge in [0.1, 0.15) is 5.58 Å². The third-order valence-corrected chi connectivity index (χ3v) is 3.99. The number of furan rings is 1. The van der Waals surface area contributed by atoms with E-state index in [1.54, 1.807) is 0 Å². The second-order valence-corrected chi connectivity index (χ2v) is 5.58. The van der Waals surface area contributed by atoms with Crippen molar-refractivity contribution in [1.29, 1.82) is 0 Å². The zero-order valence-electron chi connectivity index (χ0n) is 12.9. The summed E-state index contributed by atoms with van der Waals surface area (Å²) in [5.74, 6) is 0.227. The minimum Gasteiger partial charge on any atom is -0.451 e. The summed E-state index contributed by atoms with van der Waals surface area (Å²) >= 11 is 0. The van der Waals surface area contributed by atoms with E-state index in [0.717, 1.165) is 30.5 Å². The van der Waals surface area contributed by atoms with Gasteiger partial charge < -0.3 is 15.1 Å². The molecule has 0 bridgehead atoms. The van der Waals surface area contributed by atoms with Gasteiger partial charge in [-0.1, -0.05) is 11.6 Å². The molecule has 4 nitrogen and oxygen atoms in total.